The molecule has 0 saturated carbocycles. The maximum Gasteiger partial charge on any atom is 0.205 e. The van der Waals surface area contributed by atoms with Crippen molar-refractivity contribution in [3.63, 3.8) is 0 Å². The van der Waals surface area contributed by atoms with E-state index in [0.717, 1.165) is 12.1 Å². The molecule has 2 rings (SSSR count). The van der Waals surface area contributed by atoms with Crippen LogP contribution in [0, 0.1) is 0 Å². The number of hydrogen-bond acceptors (Lipinski definition) is 6. The fourth-order valence-corrected chi connectivity index (χ4v) is 1.72. The van der Waals surface area contributed by atoms with Gasteiger partial charge < -0.3 is 14.4 Å². The number of rotatable bonds is 6. The van der Waals surface area contributed by atoms with Gasteiger partial charge in [0, 0.05) is 12.1 Å². The lowest BCUT2D eigenvalue weighted by molar-refractivity contribution is 0.355. The Morgan fingerprint density at radius 2 is 1.86 bits per heavy atom. The third-order valence-electron chi connectivity index (χ3n) is 2.84. The standard InChI is InChI=1S/C13H19N5O2.ClH/c1-17(2)7-8-18-15-13(14-16-18)10-5-6-11(19-3)12(9-10)20-4;/h5-6,9H,7-8H2,1-4H3;1H. The number of methoxy groups -OCH3 is 2. The highest BCUT2D eigenvalue weighted by molar-refractivity contribution is 5.85. The molecule has 0 amide bonds. The summed E-state index contributed by atoms with van der Waals surface area (Å²) >= 11 is 0. The van der Waals surface area contributed by atoms with E-state index in [1.807, 2.05) is 32.3 Å². The van der Waals surface area contributed by atoms with Crippen molar-refractivity contribution in [2.75, 3.05) is 34.9 Å². The zero-order valence-electron chi connectivity index (χ0n) is 12.6. The molecular formula is C13H20ClN5O2. The van der Waals surface area contributed by atoms with Crippen LogP contribution in [-0.2, 0) is 6.54 Å². The summed E-state index contributed by atoms with van der Waals surface area (Å²) < 4.78 is 10.5. The summed E-state index contributed by atoms with van der Waals surface area (Å²) in [6.45, 7) is 1.56. The molecule has 1 aromatic carbocycles. The fourth-order valence-electron chi connectivity index (χ4n) is 1.72. The van der Waals surface area contributed by atoms with Gasteiger partial charge in [-0.25, -0.2) is 0 Å². The van der Waals surface area contributed by atoms with Gasteiger partial charge in [0.2, 0.25) is 5.82 Å². The average molecular weight is 314 g/mol. The van der Waals surface area contributed by atoms with E-state index in [4.69, 9.17) is 9.47 Å². The van der Waals surface area contributed by atoms with Gasteiger partial charge in [-0.1, -0.05) is 0 Å². The van der Waals surface area contributed by atoms with Gasteiger partial charge in [0.25, 0.3) is 0 Å². The van der Waals surface area contributed by atoms with E-state index in [1.165, 1.54) is 0 Å². The molecule has 0 fully saturated rings. The van der Waals surface area contributed by atoms with Crippen molar-refractivity contribution >= 4 is 12.4 Å². The average Bonchev–Trinajstić information content (AvgIpc) is 2.93. The molecule has 1 aromatic heterocycles. The number of ether oxygens (including phenoxy) is 2. The third kappa shape index (κ3) is 4.30. The number of hydrogen-bond donors (Lipinski definition) is 0. The molecule has 0 aliphatic rings. The van der Waals surface area contributed by atoms with Crippen LogP contribution >= 0.6 is 12.4 Å². The number of halogens is 1. The summed E-state index contributed by atoms with van der Waals surface area (Å²) in [4.78, 5) is 3.66. The van der Waals surface area contributed by atoms with Crippen molar-refractivity contribution in [3.8, 4) is 22.9 Å². The molecule has 2 aromatic rings. The van der Waals surface area contributed by atoms with Gasteiger partial charge in [-0.3, -0.25) is 0 Å². The van der Waals surface area contributed by atoms with Gasteiger partial charge in [-0.2, -0.15) is 4.80 Å². The SMILES string of the molecule is COc1ccc(-c2nnn(CCN(C)C)n2)cc1OC.Cl. The molecule has 0 saturated heterocycles. The second-order valence-electron chi connectivity index (χ2n) is 4.58. The van der Waals surface area contributed by atoms with E-state index in [1.54, 1.807) is 19.0 Å². The van der Waals surface area contributed by atoms with Crippen LogP contribution < -0.4 is 9.47 Å². The molecule has 0 aliphatic heterocycles. The number of nitrogens with zero attached hydrogens (tertiary/aromatic N) is 5. The van der Waals surface area contributed by atoms with Gasteiger partial charge in [0.15, 0.2) is 11.5 Å². The first-order valence-electron chi connectivity index (χ1n) is 6.29. The summed E-state index contributed by atoms with van der Waals surface area (Å²) in [5.74, 6) is 1.90. The number of benzene rings is 1. The molecule has 7 nitrogen and oxygen atoms in total. The highest BCUT2D eigenvalue weighted by atomic mass is 35.5. The monoisotopic (exact) mass is 313 g/mol. The summed E-state index contributed by atoms with van der Waals surface area (Å²) in [7, 11) is 7.22. The largest absolute Gasteiger partial charge is 0.493 e. The van der Waals surface area contributed by atoms with Gasteiger partial charge in [0.05, 0.1) is 20.8 Å². The zero-order chi connectivity index (χ0) is 14.5. The maximum atomic E-state index is 5.27. The highest BCUT2D eigenvalue weighted by Crippen LogP contribution is 2.30. The maximum absolute atomic E-state index is 5.27. The number of aromatic nitrogens is 4. The lowest BCUT2D eigenvalue weighted by Gasteiger charge is -2.08. The minimum absolute atomic E-state index is 0. The zero-order valence-corrected chi connectivity index (χ0v) is 13.4. The Kier molecular flexibility index (Phi) is 6.39. The molecule has 8 heteroatoms. The van der Waals surface area contributed by atoms with Crippen molar-refractivity contribution in [3.05, 3.63) is 18.2 Å². The van der Waals surface area contributed by atoms with Crippen LogP contribution in [0.2, 0.25) is 0 Å². The lowest BCUT2D eigenvalue weighted by atomic mass is 10.2. The Labute approximate surface area is 130 Å². The first kappa shape index (κ1) is 17.2. The van der Waals surface area contributed by atoms with Crippen LogP contribution in [0.3, 0.4) is 0 Å². The van der Waals surface area contributed by atoms with Crippen LogP contribution in [0.25, 0.3) is 11.4 Å². The molecule has 0 atom stereocenters. The van der Waals surface area contributed by atoms with Crippen LogP contribution in [0.1, 0.15) is 0 Å². The fraction of sp³-hybridized carbons (Fsp3) is 0.462. The quantitative estimate of drug-likeness (QED) is 0.802. The van der Waals surface area contributed by atoms with Crippen molar-refractivity contribution < 1.29 is 9.47 Å². The van der Waals surface area contributed by atoms with Gasteiger partial charge in [-0.15, -0.1) is 22.6 Å². The van der Waals surface area contributed by atoms with E-state index in [2.05, 4.69) is 20.3 Å². The first-order valence-corrected chi connectivity index (χ1v) is 6.29. The topological polar surface area (TPSA) is 65.3 Å². The molecule has 0 aliphatic carbocycles. The van der Waals surface area contributed by atoms with Crippen LogP contribution in [-0.4, -0.2) is 60.0 Å². The van der Waals surface area contributed by atoms with E-state index < -0.39 is 0 Å². The predicted octanol–water partition coefficient (Wildman–Crippen LogP) is 1.34. The number of tetrazole rings is 1. The van der Waals surface area contributed by atoms with Crippen molar-refractivity contribution in [2.45, 2.75) is 6.54 Å². The number of likely N-dealkylation sites (N-methyl/N-ethyl adjacent to an activating group) is 1. The second kappa shape index (κ2) is 7.80. The van der Waals surface area contributed by atoms with E-state index in [-0.39, 0.29) is 12.4 Å². The molecule has 0 radical (unpaired) electrons. The van der Waals surface area contributed by atoms with Gasteiger partial charge >= 0.3 is 0 Å². The predicted molar refractivity (Wildman–Crippen MR) is 82.2 cm³/mol. The normalized spacial score (nSPS) is 10.3. The van der Waals surface area contributed by atoms with Crippen molar-refractivity contribution in [2.24, 2.45) is 0 Å². The summed E-state index contributed by atoms with van der Waals surface area (Å²) in [5.41, 5.74) is 0.846. The van der Waals surface area contributed by atoms with E-state index in [9.17, 15) is 0 Å². The molecule has 21 heavy (non-hydrogen) atoms. The van der Waals surface area contributed by atoms with E-state index in [0.29, 0.717) is 23.9 Å². The van der Waals surface area contributed by atoms with Gasteiger partial charge in [0.1, 0.15) is 0 Å². The second-order valence-corrected chi connectivity index (χ2v) is 4.58. The molecule has 0 bridgehead atoms. The summed E-state index contributed by atoms with van der Waals surface area (Å²) in [6.07, 6.45) is 0. The van der Waals surface area contributed by atoms with Crippen LogP contribution in [0.15, 0.2) is 18.2 Å². The minimum Gasteiger partial charge on any atom is -0.493 e. The Morgan fingerprint density at radius 3 is 2.48 bits per heavy atom. The first-order chi connectivity index (χ1) is 9.63. The molecule has 116 valence electrons. The molecule has 0 unspecified atom stereocenters. The minimum atomic E-state index is 0. The van der Waals surface area contributed by atoms with E-state index >= 15 is 0 Å². The van der Waals surface area contributed by atoms with Crippen LogP contribution in [0.4, 0.5) is 0 Å². The molecule has 1 heterocycles. The Bertz CT molecular complexity index is 573. The van der Waals surface area contributed by atoms with Crippen LogP contribution in [0.5, 0.6) is 11.5 Å². The van der Waals surface area contributed by atoms with Gasteiger partial charge in [-0.05, 0) is 37.5 Å². The summed E-state index contributed by atoms with van der Waals surface area (Å²) in [6, 6.07) is 5.55. The third-order valence-corrected chi connectivity index (χ3v) is 2.84. The van der Waals surface area contributed by atoms with Crippen molar-refractivity contribution in [1.29, 1.82) is 0 Å². The lowest BCUT2D eigenvalue weighted by Crippen LogP contribution is -2.19. The molecular weight excluding hydrogens is 294 g/mol. The Balaban J connectivity index is 0.00000220. The highest BCUT2D eigenvalue weighted by Gasteiger charge is 2.10. The van der Waals surface area contributed by atoms with Crippen molar-refractivity contribution in [1.82, 2.24) is 25.1 Å². The Morgan fingerprint density at radius 1 is 1.14 bits per heavy atom. The Hall–Kier alpha value is -1.86. The smallest absolute Gasteiger partial charge is 0.205 e. The molecule has 0 N–H and O–H groups in total. The summed E-state index contributed by atoms with van der Waals surface area (Å²) in [5, 5.41) is 12.5. The molecule has 0 spiro atoms.